The number of amides is 2. The number of nitrogens with one attached hydrogen (secondary N) is 2. The van der Waals surface area contributed by atoms with E-state index in [4.69, 9.17) is 16.3 Å². The van der Waals surface area contributed by atoms with Crippen LogP contribution in [-0.4, -0.2) is 39.9 Å². The van der Waals surface area contributed by atoms with Gasteiger partial charge in [0.2, 0.25) is 5.91 Å². The summed E-state index contributed by atoms with van der Waals surface area (Å²) >= 11 is 6.27. The summed E-state index contributed by atoms with van der Waals surface area (Å²) in [5.74, 6) is -0.605. The fourth-order valence-corrected chi connectivity index (χ4v) is 5.14. The van der Waals surface area contributed by atoms with Gasteiger partial charge in [0.05, 0.1) is 34.0 Å². The Bertz CT molecular complexity index is 1380. The molecular weight excluding hydrogens is 514 g/mol. The molecule has 0 radical (unpaired) electrons. The molecule has 0 heterocycles. The SMILES string of the molecule is CC[C@H](C)NC(=O)c1ccccc1NC(=O)CN(c1ccc(OC)c(Cl)c1)S(=O)(=O)c1ccc(C)cc1. The van der Waals surface area contributed by atoms with Crippen LogP contribution in [0, 0.1) is 6.92 Å². The van der Waals surface area contributed by atoms with Crippen LogP contribution in [-0.2, 0) is 14.8 Å². The average Bonchev–Trinajstić information content (AvgIpc) is 2.87. The molecule has 0 bridgehead atoms. The maximum absolute atomic E-state index is 13.6. The number of sulfonamides is 1. The third-order valence-electron chi connectivity index (χ3n) is 5.76. The highest BCUT2D eigenvalue weighted by atomic mass is 35.5. The van der Waals surface area contributed by atoms with Crippen molar-refractivity contribution >= 4 is 44.8 Å². The highest BCUT2D eigenvalue weighted by molar-refractivity contribution is 7.92. The van der Waals surface area contributed by atoms with E-state index in [0.717, 1.165) is 16.3 Å². The van der Waals surface area contributed by atoms with Gasteiger partial charge in [0.1, 0.15) is 12.3 Å². The summed E-state index contributed by atoms with van der Waals surface area (Å²) in [7, 11) is -2.70. The van der Waals surface area contributed by atoms with E-state index in [1.54, 1.807) is 36.4 Å². The fraction of sp³-hybridized carbons (Fsp3) is 0.259. The summed E-state index contributed by atoms with van der Waals surface area (Å²) in [6.45, 7) is 5.12. The lowest BCUT2D eigenvalue weighted by atomic mass is 10.1. The molecule has 3 rings (SSSR count). The molecule has 0 aliphatic rings. The largest absolute Gasteiger partial charge is 0.495 e. The number of para-hydroxylation sites is 1. The van der Waals surface area contributed by atoms with Crippen molar-refractivity contribution in [3.8, 4) is 5.75 Å². The Hall–Kier alpha value is -3.56. The van der Waals surface area contributed by atoms with E-state index < -0.39 is 22.5 Å². The Labute approximate surface area is 222 Å². The molecule has 0 spiro atoms. The highest BCUT2D eigenvalue weighted by Gasteiger charge is 2.28. The van der Waals surface area contributed by atoms with Crippen LogP contribution < -0.4 is 19.7 Å². The number of benzene rings is 3. The van der Waals surface area contributed by atoms with Gasteiger partial charge in [-0.2, -0.15) is 0 Å². The average molecular weight is 544 g/mol. The van der Waals surface area contributed by atoms with E-state index in [-0.39, 0.29) is 38.8 Å². The Balaban J connectivity index is 1.95. The van der Waals surface area contributed by atoms with Gasteiger partial charge in [-0.15, -0.1) is 0 Å². The van der Waals surface area contributed by atoms with Crippen molar-refractivity contribution in [2.45, 2.75) is 38.1 Å². The zero-order chi connectivity index (χ0) is 27.2. The van der Waals surface area contributed by atoms with Gasteiger partial charge >= 0.3 is 0 Å². The van der Waals surface area contributed by atoms with E-state index >= 15 is 0 Å². The fourth-order valence-electron chi connectivity index (χ4n) is 3.48. The maximum atomic E-state index is 13.6. The zero-order valence-electron chi connectivity index (χ0n) is 21.1. The minimum atomic E-state index is -4.15. The number of rotatable bonds is 10. The molecule has 0 aliphatic carbocycles. The van der Waals surface area contributed by atoms with E-state index in [1.165, 1.54) is 37.4 Å². The monoisotopic (exact) mass is 543 g/mol. The molecule has 8 nitrogen and oxygen atoms in total. The number of ether oxygens (including phenoxy) is 1. The first-order valence-electron chi connectivity index (χ1n) is 11.7. The Morgan fingerprint density at radius 3 is 2.35 bits per heavy atom. The third kappa shape index (κ3) is 6.81. The summed E-state index contributed by atoms with van der Waals surface area (Å²) in [6.07, 6.45) is 0.747. The molecule has 0 aliphatic heterocycles. The standard InChI is InChI=1S/C27H30ClN3O5S/c1-5-19(3)29-27(33)22-8-6-7-9-24(22)30-26(32)17-31(20-12-15-25(36-4)23(28)16-20)37(34,35)21-13-10-18(2)11-14-21/h6-16,19H,5,17H2,1-4H3,(H,29,33)(H,30,32)/t19-/m0/s1. The van der Waals surface area contributed by atoms with Crippen LogP contribution in [0.2, 0.25) is 5.02 Å². The molecular formula is C27H30ClN3O5S. The van der Waals surface area contributed by atoms with Crippen molar-refractivity contribution in [2.24, 2.45) is 0 Å². The van der Waals surface area contributed by atoms with Crippen LogP contribution in [0.5, 0.6) is 5.75 Å². The van der Waals surface area contributed by atoms with Gasteiger partial charge < -0.3 is 15.4 Å². The van der Waals surface area contributed by atoms with Crippen LogP contribution in [0.25, 0.3) is 0 Å². The number of hydrogen-bond donors (Lipinski definition) is 2. The molecule has 0 fully saturated rings. The minimum Gasteiger partial charge on any atom is -0.495 e. The molecule has 3 aromatic rings. The highest BCUT2D eigenvalue weighted by Crippen LogP contribution is 2.32. The molecule has 10 heteroatoms. The molecule has 2 N–H and O–H groups in total. The van der Waals surface area contributed by atoms with Gasteiger partial charge in [0, 0.05) is 6.04 Å². The van der Waals surface area contributed by atoms with Crippen LogP contribution in [0.1, 0.15) is 36.2 Å². The van der Waals surface area contributed by atoms with Gasteiger partial charge in [0.15, 0.2) is 0 Å². The first-order chi connectivity index (χ1) is 17.6. The first kappa shape index (κ1) is 28.0. The second-order valence-corrected chi connectivity index (χ2v) is 10.8. The number of carbonyl (C=O) groups is 2. The summed E-state index contributed by atoms with van der Waals surface area (Å²) in [5, 5.41) is 5.75. The third-order valence-corrected chi connectivity index (χ3v) is 7.84. The topological polar surface area (TPSA) is 105 Å². The summed E-state index contributed by atoms with van der Waals surface area (Å²) in [4.78, 5) is 25.9. The smallest absolute Gasteiger partial charge is 0.264 e. The molecule has 196 valence electrons. The number of nitrogens with zero attached hydrogens (tertiary/aromatic N) is 1. The Morgan fingerprint density at radius 1 is 1.05 bits per heavy atom. The first-order valence-corrected chi connectivity index (χ1v) is 13.5. The molecule has 0 saturated heterocycles. The number of anilines is 2. The van der Waals surface area contributed by atoms with Crippen molar-refractivity contribution in [1.29, 1.82) is 0 Å². The van der Waals surface area contributed by atoms with Crippen molar-refractivity contribution in [3.63, 3.8) is 0 Å². The van der Waals surface area contributed by atoms with Crippen molar-refractivity contribution in [3.05, 3.63) is 82.9 Å². The number of carbonyl (C=O) groups excluding carboxylic acids is 2. The summed E-state index contributed by atoms with van der Waals surface area (Å²) in [6, 6.07) is 17.3. The van der Waals surface area contributed by atoms with E-state index in [0.29, 0.717) is 5.75 Å². The second-order valence-electron chi connectivity index (χ2n) is 8.52. The molecule has 3 aromatic carbocycles. The van der Waals surface area contributed by atoms with Crippen LogP contribution in [0.3, 0.4) is 0 Å². The summed E-state index contributed by atoms with van der Waals surface area (Å²) in [5.41, 5.74) is 1.62. The molecule has 37 heavy (non-hydrogen) atoms. The van der Waals surface area contributed by atoms with Crippen molar-refractivity contribution in [1.82, 2.24) is 5.32 Å². The lowest BCUT2D eigenvalue weighted by molar-refractivity contribution is -0.114. The number of methoxy groups -OCH3 is 1. The van der Waals surface area contributed by atoms with Gasteiger partial charge in [0.25, 0.3) is 15.9 Å². The normalized spacial score (nSPS) is 11.9. The van der Waals surface area contributed by atoms with Crippen molar-refractivity contribution < 1.29 is 22.7 Å². The number of halogens is 1. The van der Waals surface area contributed by atoms with E-state index in [1.807, 2.05) is 20.8 Å². The summed E-state index contributed by atoms with van der Waals surface area (Å²) < 4.78 is 33.4. The molecule has 1 atom stereocenters. The van der Waals surface area contributed by atoms with Crippen LogP contribution in [0.15, 0.2) is 71.6 Å². The molecule has 0 unspecified atom stereocenters. The van der Waals surface area contributed by atoms with Gasteiger partial charge in [-0.05, 0) is 62.7 Å². The van der Waals surface area contributed by atoms with Crippen LogP contribution >= 0.6 is 11.6 Å². The zero-order valence-corrected chi connectivity index (χ0v) is 22.7. The Morgan fingerprint density at radius 2 is 1.73 bits per heavy atom. The Kier molecular flexibility index (Phi) is 9.18. The molecule has 2 amide bonds. The molecule has 0 saturated carbocycles. The number of aryl methyl sites for hydroxylation is 1. The van der Waals surface area contributed by atoms with E-state index in [9.17, 15) is 18.0 Å². The second kappa shape index (κ2) is 12.1. The van der Waals surface area contributed by atoms with Gasteiger partial charge in [-0.3, -0.25) is 13.9 Å². The van der Waals surface area contributed by atoms with Crippen LogP contribution in [0.4, 0.5) is 11.4 Å². The number of hydrogen-bond acceptors (Lipinski definition) is 5. The van der Waals surface area contributed by atoms with Crippen molar-refractivity contribution in [2.75, 3.05) is 23.3 Å². The van der Waals surface area contributed by atoms with Gasteiger partial charge in [-0.1, -0.05) is 48.4 Å². The maximum Gasteiger partial charge on any atom is 0.264 e. The van der Waals surface area contributed by atoms with E-state index in [2.05, 4.69) is 10.6 Å². The van der Waals surface area contributed by atoms with Gasteiger partial charge in [-0.25, -0.2) is 8.42 Å². The lowest BCUT2D eigenvalue weighted by Gasteiger charge is -2.25. The predicted molar refractivity (Wildman–Crippen MR) is 146 cm³/mol. The predicted octanol–water partition coefficient (Wildman–Crippen LogP) is 5.02. The quantitative estimate of drug-likeness (QED) is 0.373. The molecule has 0 aromatic heterocycles. The lowest BCUT2D eigenvalue weighted by Crippen LogP contribution is -2.38. The minimum absolute atomic E-state index is 0.0196.